The van der Waals surface area contributed by atoms with Crippen molar-refractivity contribution in [3.05, 3.63) is 35.9 Å². The SMILES string of the molecule is CCC(C)(NC(CCC(=O)OCc1ccccc1)C(=O)C(C)(C)NCCN)C(C)=O. The molecule has 0 radical (unpaired) electrons. The minimum absolute atomic E-state index is 0.0535. The fraction of sp³-hybridized carbons (Fsp3) is 0.609. The third kappa shape index (κ3) is 7.97. The van der Waals surface area contributed by atoms with Crippen LogP contribution in [-0.4, -0.2) is 47.7 Å². The van der Waals surface area contributed by atoms with Crippen LogP contribution in [0.25, 0.3) is 0 Å². The van der Waals surface area contributed by atoms with Gasteiger partial charge in [-0.2, -0.15) is 0 Å². The highest BCUT2D eigenvalue weighted by Crippen LogP contribution is 2.18. The second-order valence-electron chi connectivity index (χ2n) is 8.33. The van der Waals surface area contributed by atoms with Gasteiger partial charge >= 0.3 is 5.97 Å². The summed E-state index contributed by atoms with van der Waals surface area (Å²) in [5.41, 5.74) is 4.76. The molecule has 0 amide bonds. The molecule has 7 nitrogen and oxygen atoms in total. The highest BCUT2D eigenvalue weighted by atomic mass is 16.5. The van der Waals surface area contributed by atoms with E-state index in [1.54, 1.807) is 20.8 Å². The van der Waals surface area contributed by atoms with Gasteiger partial charge in [-0.1, -0.05) is 37.3 Å². The predicted molar refractivity (Wildman–Crippen MR) is 118 cm³/mol. The molecule has 0 aliphatic rings. The second-order valence-corrected chi connectivity index (χ2v) is 8.33. The summed E-state index contributed by atoms with van der Waals surface area (Å²) in [6, 6.07) is 8.74. The molecule has 0 fully saturated rings. The Labute approximate surface area is 180 Å². The van der Waals surface area contributed by atoms with Crippen LogP contribution in [0.5, 0.6) is 0 Å². The summed E-state index contributed by atoms with van der Waals surface area (Å²) in [5.74, 6) is -0.554. The van der Waals surface area contributed by atoms with Gasteiger partial charge in [0, 0.05) is 19.5 Å². The Kier molecular flexibility index (Phi) is 10.3. The maximum absolute atomic E-state index is 13.2. The highest BCUT2D eigenvalue weighted by Gasteiger charge is 2.38. The van der Waals surface area contributed by atoms with Gasteiger partial charge in [0.25, 0.3) is 0 Å². The van der Waals surface area contributed by atoms with Gasteiger partial charge in [0.1, 0.15) is 12.4 Å². The molecule has 0 aliphatic carbocycles. The molecule has 0 aliphatic heterocycles. The summed E-state index contributed by atoms with van der Waals surface area (Å²) in [4.78, 5) is 37.7. The van der Waals surface area contributed by atoms with Crippen molar-refractivity contribution in [1.29, 1.82) is 0 Å². The van der Waals surface area contributed by atoms with Crippen LogP contribution in [0.4, 0.5) is 0 Å². The molecule has 0 saturated carbocycles. The van der Waals surface area contributed by atoms with Crippen LogP contribution in [0.2, 0.25) is 0 Å². The van der Waals surface area contributed by atoms with Crippen LogP contribution >= 0.6 is 0 Å². The molecule has 4 N–H and O–H groups in total. The molecule has 168 valence electrons. The van der Waals surface area contributed by atoms with E-state index in [0.29, 0.717) is 19.5 Å². The van der Waals surface area contributed by atoms with Crippen LogP contribution in [0, 0.1) is 0 Å². The molecular formula is C23H37N3O4. The van der Waals surface area contributed by atoms with Crippen LogP contribution in [0.1, 0.15) is 59.4 Å². The van der Waals surface area contributed by atoms with E-state index < -0.39 is 17.1 Å². The van der Waals surface area contributed by atoms with E-state index in [2.05, 4.69) is 10.6 Å². The summed E-state index contributed by atoms with van der Waals surface area (Å²) in [5, 5.41) is 6.35. The third-order valence-electron chi connectivity index (χ3n) is 5.50. The zero-order valence-electron chi connectivity index (χ0n) is 18.9. The number of carbonyl (C=O) groups is 3. The van der Waals surface area contributed by atoms with Gasteiger partial charge in [-0.3, -0.25) is 19.7 Å². The zero-order chi connectivity index (χ0) is 22.8. The molecule has 1 aromatic carbocycles. The van der Waals surface area contributed by atoms with Gasteiger partial charge in [0.05, 0.1) is 17.1 Å². The van der Waals surface area contributed by atoms with Crippen LogP contribution < -0.4 is 16.4 Å². The van der Waals surface area contributed by atoms with Crippen molar-refractivity contribution in [2.75, 3.05) is 13.1 Å². The Balaban J connectivity index is 2.85. The summed E-state index contributed by atoms with van der Waals surface area (Å²) in [7, 11) is 0. The molecular weight excluding hydrogens is 382 g/mol. The Bertz CT molecular complexity index is 706. The lowest BCUT2D eigenvalue weighted by atomic mass is 9.86. The maximum atomic E-state index is 13.2. The maximum Gasteiger partial charge on any atom is 0.306 e. The van der Waals surface area contributed by atoms with Crippen molar-refractivity contribution < 1.29 is 19.1 Å². The minimum atomic E-state index is -0.851. The molecule has 0 heterocycles. The van der Waals surface area contributed by atoms with Gasteiger partial charge in [-0.05, 0) is 46.1 Å². The Morgan fingerprint density at radius 2 is 1.77 bits per heavy atom. The predicted octanol–water partition coefficient (Wildman–Crippen LogP) is 2.12. The third-order valence-corrected chi connectivity index (χ3v) is 5.50. The van der Waals surface area contributed by atoms with E-state index in [4.69, 9.17) is 10.5 Å². The molecule has 30 heavy (non-hydrogen) atoms. The van der Waals surface area contributed by atoms with Crippen molar-refractivity contribution >= 4 is 17.5 Å². The van der Waals surface area contributed by atoms with E-state index in [1.165, 1.54) is 6.92 Å². The smallest absolute Gasteiger partial charge is 0.306 e. The fourth-order valence-electron chi connectivity index (χ4n) is 3.09. The van der Waals surface area contributed by atoms with Crippen LogP contribution in [0.3, 0.4) is 0 Å². The molecule has 0 saturated heterocycles. The first kappa shape index (κ1) is 25.9. The van der Waals surface area contributed by atoms with Gasteiger partial charge in [0.2, 0.25) is 0 Å². The normalized spacial score (nSPS) is 14.6. The largest absolute Gasteiger partial charge is 0.461 e. The fourth-order valence-corrected chi connectivity index (χ4v) is 3.09. The van der Waals surface area contributed by atoms with E-state index >= 15 is 0 Å². The topological polar surface area (TPSA) is 111 Å². The Morgan fingerprint density at radius 3 is 2.30 bits per heavy atom. The van der Waals surface area contributed by atoms with Crippen molar-refractivity contribution in [2.45, 2.75) is 77.6 Å². The number of Topliss-reactive ketones (excluding diaryl/α,β-unsaturated/α-hetero) is 2. The number of nitrogens with one attached hydrogen (secondary N) is 2. The Morgan fingerprint density at radius 1 is 1.13 bits per heavy atom. The van der Waals surface area contributed by atoms with E-state index in [9.17, 15) is 14.4 Å². The first-order chi connectivity index (χ1) is 14.1. The van der Waals surface area contributed by atoms with Crippen LogP contribution in [-0.2, 0) is 25.7 Å². The average Bonchev–Trinajstić information content (AvgIpc) is 2.73. The second kappa shape index (κ2) is 11.9. The molecule has 7 heteroatoms. The Hall–Kier alpha value is -2.09. The molecule has 2 unspecified atom stereocenters. The summed E-state index contributed by atoms with van der Waals surface area (Å²) in [6.45, 7) is 9.82. The van der Waals surface area contributed by atoms with E-state index in [-0.39, 0.29) is 37.0 Å². The molecule has 2 atom stereocenters. The molecule has 0 spiro atoms. The number of esters is 1. The van der Waals surface area contributed by atoms with Crippen molar-refractivity contribution in [3.8, 4) is 0 Å². The molecule has 1 aromatic rings. The molecule has 0 aromatic heterocycles. The number of nitrogens with two attached hydrogens (primary N) is 1. The first-order valence-electron chi connectivity index (χ1n) is 10.5. The number of hydrogen-bond donors (Lipinski definition) is 3. The van der Waals surface area contributed by atoms with Crippen molar-refractivity contribution in [3.63, 3.8) is 0 Å². The summed E-state index contributed by atoms with van der Waals surface area (Å²) < 4.78 is 5.34. The summed E-state index contributed by atoms with van der Waals surface area (Å²) in [6.07, 6.45) is 0.838. The van der Waals surface area contributed by atoms with E-state index in [1.807, 2.05) is 37.3 Å². The standard InChI is InChI=1S/C23H37N3O4/c1-6-23(5,17(2)27)26-19(21(29)22(3,4)25-15-14-24)12-13-20(28)30-16-18-10-8-7-9-11-18/h7-11,19,25-26H,6,12-16,24H2,1-5H3. The van der Waals surface area contributed by atoms with Crippen molar-refractivity contribution in [2.24, 2.45) is 5.73 Å². The number of ketones is 2. The number of carbonyl (C=O) groups excluding carboxylic acids is 3. The van der Waals surface area contributed by atoms with Crippen LogP contribution in [0.15, 0.2) is 30.3 Å². The zero-order valence-corrected chi connectivity index (χ0v) is 18.9. The lowest BCUT2D eigenvalue weighted by Gasteiger charge is -2.36. The number of hydrogen-bond acceptors (Lipinski definition) is 7. The highest BCUT2D eigenvalue weighted by molar-refractivity contribution is 5.94. The first-order valence-corrected chi connectivity index (χ1v) is 10.5. The van der Waals surface area contributed by atoms with Gasteiger partial charge in [-0.15, -0.1) is 0 Å². The van der Waals surface area contributed by atoms with Gasteiger partial charge < -0.3 is 15.8 Å². The minimum Gasteiger partial charge on any atom is -0.461 e. The number of ether oxygens (including phenoxy) is 1. The van der Waals surface area contributed by atoms with E-state index in [0.717, 1.165) is 5.56 Å². The molecule has 0 bridgehead atoms. The molecule has 1 rings (SSSR count). The van der Waals surface area contributed by atoms with Gasteiger partial charge in [0.15, 0.2) is 5.78 Å². The lowest BCUT2D eigenvalue weighted by molar-refractivity contribution is -0.145. The summed E-state index contributed by atoms with van der Waals surface area (Å²) >= 11 is 0. The monoisotopic (exact) mass is 419 g/mol. The van der Waals surface area contributed by atoms with Gasteiger partial charge in [-0.25, -0.2) is 0 Å². The average molecular weight is 420 g/mol. The quantitative estimate of drug-likeness (QED) is 0.396. The number of benzene rings is 1. The van der Waals surface area contributed by atoms with Crippen molar-refractivity contribution in [1.82, 2.24) is 10.6 Å². The number of rotatable bonds is 14. The lowest BCUT2D eigenvalue weighted by Crippen LogP contribution is -2.61.